The van der Waals surface area contributed by atoms with Crippen LogP contribution in [0, 0.1) is 0 Å². The highest BCUT2D eigenvalue weighted by Crippen LogP contribution is 2.10. The van der Waals surface area contributed by atoms with Crippen LogP contribution in [0.25, 0.3) is 0 Å². The second-order valence-corrected chi connectivity index (χ2v) is 4.29. The van der Waals surface area contributed by atoms with Crippen molar-refractivity contribution in [3.05, 3.63) is 22.4 Å². The van der Waals surface area contributed by atoms with Gasteiger partial charge in [-0.25, -0.2) is 5.01 Å². The van der Waals surface area contributed by atoms with Crippen molar-refractivity contribution < 1.29 is 4.79 Å². The largest absolute Gasteiger partial charge is 0.320 e. The lowest BCUT2D eigenvalue weighted by Crippen LogP contribution is -2.47. The monoisotopic (exact) mass is 213 g/mol. The molecule has 1 unspecified atom stereocenters. The van der Waals surface area contributed by atoms with Gasteiger partial charge in [-0.15, -0.1) is 11.3 Å². The number of nitrogens with zero attached hydrogens (tertiary/aromatic N) is 1. The minimum Gasteiger partial charge on any atom is -0.320 e. The van der Waals surface area contributed by atoms with Crippen LogP contribution in [0.5, 0.6) is 0 Å². The zero-order valence-electron chi connectivity index (χ0n) is 8.36. The number of carbonyl (C=O) groups excluding carboxylic acids is 1. The number of amides is 1. The van der Waals surface area contributed by atoms with E-state index in [2.05, 4.69) is 5.43 Å². The number of hydrazine groups is 1. The van der Waals surface area contributed by atoms with E-state index in [1.165, 1.54) is 0 Å². The molecule has 0 bridgehead atoms. The molecule has 1 heterocycles. The fraction of sp³-hybridized carbons (Fsp3) is 0.444. The van der Waals surface area contributed by atoms with Crippen molar-refractivity contribution in [2.75, 3.05) is 14.1 Å². The molecule has 0 spiro atoms. The molecule has 1 aromatic heterocycles. The maximum Gasteiger partial charge on any atom is 0.251 e. The standard InChI is InChI=1S/C9H15N3OS/c1-12(2)11-9(13)8(10)6-7-4-3-5-14-7/h3-5,8H,6,10H2,1-2H3,(H,11,13). The summed E-state index contributed by atoms with van der Waals surface area (Å²) in [6.45, 7) is 0. The minimum atomic E-state index is -0.476. The van der Waals surface area contributed by atoms with Gasteiger partial charge in [0, 0.05) is 25.4 Å². The molecule has 0 fully saturated rings. The van der Waals surface area contributed by atoms with Gasteiger partial charge in [0.05, 0.1) is 6.04 Å². The summed E-state index contributed by atoms with van der Waals surface area (Å²) >= 11 is 1.61. The van der Waals surface area contributed by atoms with Crippen LogP contribution in [0.2, 0.25) is 0 Å². The molecule has 0 saturated heterocycles. The second kappa shape index (κ2) is 5.09. The van der Waals surface area contributed by atoms with Crippen molar-refractivity contribution in [3.63, 3.8) is 0 Å². The summed E-state index contributed by atoms with van der Waals surface area (Å²) < 4.78 is 0. The van der Waals surface area contributed by atoms with Crippen molar-refractivity contribution in [2.45, 2.75) is 12.5 Å². The van der Waals surface area contributed by atoms with Crippen molar-refractivity contribution in [3.8, 4) is 0 Å². The first-order valence-electron chi connectivity index (χ1n) is 4.35. The Morgan fingerprint density at radius 2 is 2.43 bits per heavy atom. The highest BCUT2D eigenvalue weighted by molar-refractivity contribution is 7.09. The predicted molar refractivity (Wildman–Crippen MR) is 57.8 cm³/mol. The molecule has 14 heavy (non-hydrogen) atoms. The van der Waals surface area contributed by atoms with Crippen LogP contribution >= 0.6 is 11.3 Å². The van der Waals surface area contributed by atoms with Gasteiger partial charge in [0.2, 0.25) is 0 Å². The van der Waals surface area contributed by atoms with Crippen molar-refractivity contribution >= 4 is 17.2 Å². The predicted octanol–water partition coefficient (Wildman–Crippen LogP) is 0.211. The van der Waals surface area contributed by atoms with Gasteiger partial charge in [-0.05, 0) is 11.4 Å². The SMILES string of the molecule is CN(C)NC(=O)C(N)Cc1cccs1. The van der Waals surface area contributed by atoms with Crippen molar-refractivity contribution in [1.82, 2.24) is 10.4 Å². The Kier molecular flexibility index (Phi) is 4.06. The zero-order chi connectivity index (χ0) is 10.6. The van der Waals surface area contributed by atoms with E-state index in [0.717, 1.165) is 4.88 Å². The lowest BCUT2D eigenvalue weighted by molar-refractivity contribution is -0.126. The molecule has 5 heteroatoms. The van der Waals surface area contributed by atoms with E-state index in [1.54, 1.807) is 30.4 Å². The summed E-state index contributed by atoms with van der Waals surface area (Å²) in [7, 11) is 3.52. The van der Waals surface area contributed by atoms with E-state index in [0.29, 0.717) is 6.42 Å². The Morgan fingerprint density at radius 1 is 1.71 bits per heavy atom. The van der Waals surface area contributed by atoms with Crippen LogP contribution in [0.4, 0.5) is 0 Å². The van der Waals surface area contributed by atoms with E-state index in [9.17, 15) is 4.79 Å². The fourth-order valence-corrected chi connectivity index (χ4v) is 1.81. The normalized spacial score (nSPS) is 12.9. The number of nitrogens with two attached hydrogens (primary N) is 1. The molecule has 0 radical (unpaired) electrons. The first-order chi connectivity index (χ1) is 6.59. The van der Waals surface area contributed by atoms with Crippen LogP contribution in [0.3, 0.4) is 0 Å². The smallest absolute Gasteiger partial charge is 0.251 e. The molecule has 1 rings (SSSR count). The lowest BCUT2D eigenvalue weighted by Gasteiger charge is -2.15. The molecule has 0 aromatic carbocycles. The molecule has 1 aromatic rings. The number of nitrogens with one attached hydrogen (secondary N) is 1. The first-order valence-corrected chi connectivity index (χ1v) is 5.23. The molecule has 1 atom stereocenters. The van der Waals surface area contributed by atoms with Crippen molar-refractivity contribution in [1.29, 1.82) is 0 Å². The van der Waals surface area contributed by atoms with E-state index in [4.69, 9.17) is 5.73 Å². The summed E-state index contributed by atoms with van der Waals surface area (Å²) in [6, 6.07) is 3.46. The van der Waals surface area contributed by atoms with Gasteiger partial charge in [0.25, 0.3) is 5.91 Å². The minimum absolute atomic E-state index is 0.150. The topological polar surface area (TPSA) is 58.4 Å². The maximum absolute atomic E-state index is 11.4. The van der Waals surface area contributed by atoms with Crippen LogP contribution in [0.15, 0.2) is 17.5 Å². The second-order valence-electron chi connectivity index (χ2n) is 3.26. The third-order valence-electron chi connectivity index (χ3n) is 1.67. The summed E-state index contributed by atoms with van der Waals surface area (Å²) in [4.78, 5) is 12.5. The molecule has 0 aliphatic rings. The van der Waals surface area contributed by atoms with Gasteiger partial charge in [-0.1, -0.05) is 6.07 Å². The van der Waals surface area contributed by atoms with E-state index in [-0.39, 0.29) is 5.91 Å². The fourth-order valence-electron chi connectivity index (χ4n) is 1.04. The van der Waals surface area contributed by atoms with Gasteiger partial charge in [0.15, 0.2) is 0 Å². The third kappa shape index (κ3) is 3.45. The zero-order valence-corrected chi connectivity index (χ0v) is 9.17. The molecule has 3 N–H and O–H groups in total. The molecule has 0 aliphatic heterocycles. The summed E-state index contributed by atoms with van der Waals surface area (Å²) in [5, 5.41) is 3.57. The van der Waals surface area contributed by atoms with Gasteiger partial charge in [-0.2, -0.15) is 0 Å². The number of rotatable bonds is 4. The van der Waals surface area contributed by atoms with Gasteiger partial charge in [0.1, 0.15) is 0 Å². The maximum atomic E-state index is 11.4. The summed E-state index contributed by atoms with van der Waals surface area (Å²) in [5.41, 5.74) is 8.35. The van der Waals surface area contributed by atoms with E-state index in [1.807, 2.05) is 17.5 Å². The third-order valence-corrected chi connectivity index (χ3v) is 2.57. The van der Waals surface area contributed by atoms with Gasteiger partial charge >= 0.3 is 0 Å². The van der Waals surface area contributed by atoms with Gasteiger partial charge in [-0.3, -0.25) is 10.2 Å². The first kappa shape index (κ1) is 11.2. The van der Waals surface area contributed by atoms with Gasteiger partial charge < -0.3 is 5.73 Å². The average molecular weight is 213 g/mol. The Bertz CT molecular complexity index is 284. The molecular weight excluding hydrogens is 198 g/mol. The van der Waals surface area contributed by atoms with Crippen LogP contribution < -0.4 is 11.2 Å². The van der Waals surface area contributed by atoms with Crippen LogP contribution in [-0.2, 0) is 11.2 Å². The Balaban J connectivity index is 2.42. The molecule has 1 amide bonds. The summed E-state index contributed by atoms with van der Waals surface area (Å²) in [5.74, 6) is -0.150. The number of hydrogen-bond acceptors (Lipinski definition) is 4. The van der Waals surface area contributed by atoms with Crippen molar-refractivity contribution in [2.24, 2.45) is 5.73 Å². The lowest BCUT2D eigenvalue weighted by atomic mass is 10.2. The molecule has 0 saturated carbocycles. The molecule has 0 aliphatic carbocycles. The van der Waals surface area contributed by atoms with E-state index < -0.39 is 6.04 Å². The highest BCUT2D eigenvalue weighted by atomic mass is 32.1. The van der Waals surface area contributed by atoms with Crippen LogP contribution in [-0.4, -0.2) is 31.1 Å². The highest BCUT2D eigenvalue weighted by Gasteiger charge is 2.14. The quantitative estimate of drug-likeness (QED) is 0.703. The summed E-state index contributed by atoms with van der Waals surface area (Å²) in [6.07, 6.45) is 0.595. The molecule has 78 valence electrons. The van der Waals surface area contributed by atoms with Crippen LogP contribution in [0.1, 0.15) is 4.88 Å². The molecular formula is C9H15N3OS. The Hall–Kier alpha value is -0.910. The number of carbonyl (C=O) groups is 1. The Labute approximate surface area is 87.7 Å². The average Bonchev–Trinajstić information content (AvgIpc) is 2.55. The molecule has 4 nitrogen and oxygen atoms in total. The Morgan fingerprint density at radius 3 is 2.93 bits per heavy atom. The number of hydrogen-bond donors (Lipinski definition) is 2. The van der Waals surface area contributed by atoms with E-state index >= 15 is 0 Å². The number of thiophene rings is 1.